The van der Waals surface area contributed by atoms with E-state index < -0.39 is 53.0 Å². The van der Waals surface area contributed by atoms with Gasteiger partial charge in [-0.2, -0.15) is 13.2 Å². The SMILES string of the molecule is C#[N+][C@@H]1C[C@]23CN1C(=O)[C@@H]1C[C@@H](CC=C(C)C)CN1C(=O)[C@@H](NC(=O)C(F)(F)F)C(C)(C)CCCCOc1ccc(c2c1)NC3=O. The first-order chi connectivity index (χ1) is 21.6. The van der Waals surface area contributed by atoms with E-state index in [2.05, 4.69) is 10.2 Å². The molecule has 13 heteroatoms. The van der Waals surface area contributed by atoms with Gasteiger partial charge >= 0.3 is 18.2 Å². The second-order valence-electron chi connectivity index (χ2n) is 13.9. The minimum atomic E-state index is -5.21. The highest BCUT2D eigenvalue weighted by molar-refractivity contribution is 6.07. The van der Waals surface area contributed by atoms with Gasteiger partial charge in [0, 0.05) is 18.8 Å². The van der Waals surface area contributed by atoms with Gasteiger partial charge in [-0.15, -0.1) is 0 Å². The van der Waals surface area contributed by atoms with Crippen molar-refractivity contribution >= 4 is 29.3 Å². The summed E-state index contributed by atoms with van der Waals surface area (Å²) in [6, 6.07) is 2.67. The molecule has 4 heterocycles. The molecule has 0 aliphatic carbocycles. The monoisotopic (exact) mass is 644 g/mol. The largest absolute Gasteiger partial charge is 0.494 e. The number of carbonyl (C=O) groups excluding carboxylic acids is 4. The first-order valence-electron chi connectivity index (χ1n) is 15.7. The zero-order valence-electron chi connectivity index (χ0n) is 26.6. The van der Waals surface area contributed by atoms with Crippen LogP contribution in [0.3, 0.4) is 0 Å². The van der Waals surface area contributed by atoms with E-state index in [0.29, 0.717) is 42.7 Å². The second-order valence-corrected chi connectivity index (χ2v) is 13.9. The number of fused-ring (bicyclic) bond motifs is 3. The lowest BCUT2D eigenvalue weighted by molar-refractivity contribution is -0.176. The Bertz CT molecular complexity index is 1500. The third-order valence-electron chi connectivity index (χ3n) is 9.84. The molecule has 10 nitrogen and oxygen atoms in total. The number of ether oxygens (including phenoxy) is 1. The van der Waals surface area contributed by atoms with Crippen molar-refractivity contribution < 1.29 is 37.1 Å². The van der Waals surface area contributed by atoms with Gasteiger partial charge in [-0.25, -0.2) is 0 Å². The number of carbonyl (C=O) groups is 4. The molecule has 4 amide bonds. The average molecular weight is 645 g/mol. The van der Waals surface area contributed by atoms with Crippen molar-refractivity contribution in [3.63, 3.8) is 0 Å². The summed E-state index contributed by atoms with van der Waals surface area (Å²) in [6.07, 6.45) is -1.89. The van der Waals surface area contributed by atoms with Crippen molar-refractivity contribution in [2.75, 3.05) is 25.0 Å². The fourth-order valence-electron chi connectivity index (χ4n) is 7.23. The third-order valence-corrected chi connectivity index (χ3v) is 9.84. The van der Waals surface area contributed by atoms with E-state index in [0.717, 1.165) is 5.57 Å². The quantitative estimate of drug-likeness (QED) is 0.467. The van der Waals surface area contributed by atoms with Crippen LogP contribution in [0.15, 0.2) is 29.8 Å². The summed E-state index contributed by atoms with van der Waals surface area (Å²) in [5, 5.41) is 4.88. The lowest BCUT2D eigenvalue weighted by atomic mass is 9.78. The Labute approximate surface area is 266 Å². The number of benzene rings is 1. The normalized spacial score (nSPS) is 29.3. The first-order valence-corrected chi connectivity index (χ1v) is 15.7. The second kappa shape index (κ2) is 12.3. The number of anilines is 1. The number of nitrogens with one attached hydrogen (secondary N) is 2. The Kier molecular flexibility index (Phi) is 8.87. The minimum Gasteiger partial charge on any atom is -0.494 e. The molecular formula is C33H41F3N5O5+. The number of alkyl halides is 3. The van der Waals surface area contributed by atoms with E-state index in [1.165, 1.54) is 9.80 Å². The molecule has 46 heavy (non-hydrogen) atoms. The zero-order valence-corrected chi connectivity index (χ0v) is 26.6. The standard InChI is InChI=1S/C33H40F3N5O5/c1-19(2)8-9-20-14-24-27(42)41-18-32(16-25(41)37-5)22-15-21(10-11-23(22)38-29(32)44)46-13-7-6-12-31(3,4)26(28(43)40(24)17-20)39-30(45)33(34,35)36/h5,8,10-11,15,20,24-26H,6-7,9,12-14,16-18H2,1-4H3,(H-,38,39,44,45)/p+1/t20-,24+,25+,26-,32+/m1/s1. The molecule has 4 bridgehead atoms. The van der Waals surface area contributed by atoms with Crippen LogP contribution < -0.4 is 15.4 Å². The fraction of sp³-hybridized carbons (Fsp3) is 0.606. The van der Waals surface area contributed by atoms with Crippen molar-refractivity contribution in [3.05, 3.63) is 40.3 Å². The molecule has 2 saturated heterocycles. The van der Waals surface area contributed by atoms with Crippen LogP contribution in [-0.2, 0) is 24.6 Å². The molecule has 2 fully saturated rings. The van der Waals surface area contributed by atoms with Gasteiger partial charge in [0.1, 0.15) is 23.2 Å². The summed E-state index contributed by atoms with van der Waals surface area (Å²) >= 11 is 0. The summed E-state index contributed by atoms with van der Waals surface area (Å²) < 4.78 is 46.6. The third kappa shape index (κ3) is 6.18. The maximum atomic E-state index is 14.5. The average Bonchev–Trinajstić information content (AvgIpc) is 3.67. The van der Waals surface area contributed by atoms with Gasteiger partial charge < -0.3 is 20.3 Å². The maximum Gasteiger partial charge on any atom is 0.471 e. The molecule has 1 aromatic rings. The Balaban J connectivity index is 1.58. The van der Waals surface area contributed by atoms with Crippen molar-refractivity contribution in [1.82, 2.24) is 15.1 Å². The van der Waals surface area contributed by atoms with Crippen LogP contribution in [0.25, 0.3) is 4.85 Å². The van der Waals surface area contributed by atoms with Crippen LogP contribution in [0.5, 0.6) is 5.75 Å². The lowest BCUT2D eigenvalue weighted by Crippen LogP contribution is -2.60. The zero-order chi connectivity index (χ0) is 33.6. The smallest absolute Gasteiger partial charge is 0.471 e. The molecular weight excluding hydrogens is 603 g/mol. The highest BCUT2D eigenvalue weighted by Gasteiger charge is 2.61. The van der Waals surface area contributed by atoms with Gasteiger partial charge in [0.25, 0.3) is 12.5 Å². The molecule has 5 rings (SSSR count). The van der Waals surface area contributed by atoms with Crippen LogP contribution in [0.1, 0.15) is 71.8 Å². The van der Waals surface area contributed by atoms with Gasteiger partial charge in [-0.05, 0) is 81.0 Å². The predicted octanol–water partition coefficient (Wildman–Crippen LogP) is 4.61. The van der Waals surface area contributed by atoms with Crippen LogP contribution in [0.4, 0.5) is 18.9 Å². The molecule has 0 aromatic heterocycles. The molecule has 4 aliphatic rings. The first kappa shape index (κ1) is 33.3. The Morgan fingerprint density at radius 2 is 1.91 bits per heavy atom. The van der Waals surface area contributed by atoms with E-state index in [1.807, 2.05) is 25.2 Å². The highest BCUT2D eigenvalue weighted by Crippen LogP contribution is 2.48. The predicted molar refractivity (Wildman–Crippen MR) is 164 cm³/mol. The van der Waals surface area contributed by atoms with Crippen molar-refractivity contribution in [1.29, 1.82) is 0 Å². The molecule has 4 aliphatic heterocycles. The van der Waals surface area contributed by atoms with Gasteiger partial charge in [0.15, 0.2) is 0 Å². The molecule has 0 unspecified atom stereocenters. The molecule has 2 N–H and O–H groups in total. The van der Waals surface area contributed by atoms with Gasteiger partial charge in [0.05, 0.1) is 13.0 Å². The Morgan fingerprint density at radius 1 is 1.17 bits per heavy atom. The molecule has 1 spiro atoms. The van der Waals surface area contributed by atoms with Gasteiger partial charge in [-0.3, -0.25) is 24.1 Å². The summed E-state index contributed by atoms with van der Waals surface area (Å²) in [6.45, 7) is 13.3. The Morgan fingerprint density at radius 3 is 2.59 bits per heavy atom. The lowest BCUT2D eigenvalue weighted by Gasteiger charge is -2.38. The van der Waals surface area contributed by atoms with Gasteiger partial charge in [0.2, 0.25) is 11.8 Å². The van der Waals surface area contributed by atoms with Crippen LogP contribution in [-0.4, -0.2) is 77.6 Å². The summed E-state index contributed by atoms with van der Waals surface area (Å²) in [4.78, 5) is 61.3. The van der Waals surface area contributed by atoms with Crippen molar-refractivity contribution in [2.24, 2.45) is 11.3 Å². The summed E-state index contributed by atoms with van der Waals surface area (Å²) in [5.41, 5.74) is 0.0445. The minimum absolute atomic E-state index is 0.0591. The number of rotatable bonds is 3. The molecule has 5 atom stereocenters. The highest BCUT2D eigenvalue weighted by atomic mass is 19.4. The van der Waals surface area contributed by atoms with Crippen LogP contribution >= 0.6 is 0 Å². The Hall–Kier alpha value is -4.08. The van der Waals surface area contributed by atoms with Crippen molar-refractivity contribution in [2.45, 2.75) is 96.1 Å². The number of nitrogens with zero attached hydrogens (tertiary/aromatic N) is 3. The maximum absolute atomic E-state index is 14.5. The van der Waals surface area contributed by atoms with Crippen LogP contribution in [0.2, 0.25) is 0 Å². The van der Waals surface area contributed by atoms with E-state index in [4.69, 9.17) is 11.3 Å². The van der Waals surface area contributed by atoms with E-state index in [-0.39, 0.29) is 44.4 Å². The summed E-state index contributed by atoms with van der Waals surface area (Å²) in [5.74, 6) is -3.43. The van der Waals surface area contributed by atoms with E-state index in [1.54, 1.807) is 32.0 Å². The molecule has 1 aromatic carbocycles. The van der Waals surface area contributed by atoms with E-state index in [9.17, 15) is 32.3 Å². The summed E-state index contributed by atoms with van der Waals surface area (Å²) in [7, 11) is 0. The molecule has 0 saturated carbocycles. The topological polar surface area (TPSA) is 112 Å². The number of hydrogen-bond acceptors (Lipinski definition) is 5. The van der Waals surface area contributed by atoms with E-state index >= 15 is 0 Å². The number of hydrogen-bond donors (Lipinski definition) is 2. The van der Waals surface area contributed by atoms with Crippen LogP contribution in [0, 0.1) is 17.9 Å². The number of amides is 4. The number of allylic oxidation sites excluding steroid dienone is 2. The van der Waals surface area contributed by atoms with Gasteiger partial charge in [-0.1, -0.05) is 30.3 Å². The molecule has 248 valence electrons. The molecule has 0 radical (unpaired) electrons. The van der Waals surface area contributed by atoms with Crippen molar-refractivity contribution in [3.8, 4) is 12.3 Å². The fourth-order valence-corrected chi connectivity index (χ4v) is 7.23. The number of halogens is 3.